The molecular weight excluding hydrogens is 813 g/mol. The number of benzene rings is 6. The number of hydrogen-bond acceptors (Lipinski definition) is 14. The maximum Gasteiger partial charge on any atom is 0.248 e. The summed E-state index contributed by atoms with van der Waals surface area (Å²) in [7, 11) is 0. The Hall–Kier alpha value is -8.26. The van der Waals surface area contributed by atoms with Crippen molar-refractivity contribution in [3.8, 4) is 69.0 Å². The Labute approximate surface area is 360 Å². The Kier molecular flexibility index (Phi) is 11.8. The van der Waals surface area contributed by atoms with Crippen molar-refractivity contribution in [1.29, 1.82) is 0 Å². The van der Waals surface area contributed by atoms with E-state index in [-0.39, 0.29) is 68.6 Å². The van der Waals surface area contributed by atoms with Crippen LogP contribution in [0.4, 0.5) is 0 Å². The molecule has 9 rings (SSSR count). The first-order chi connectivity index (χ1) is 29.9. The topological polar surface area (TPSA) is 244 Å². The summed E-state index contributed by atoms with van der Waals surface area (Å²) >= 11 is 0. The Morgan fingerprint density at radius 3 is 1.97 bits per heavy atom. The fraction of sp³-hybridized carbons (Fsp3) is 0.143. The molecule has 0 spiro atoms. The molecule has 0 aliphatic carbocycles. The smallest absolute Gasteiger partial charge is 0.248 e. The van der Waals surface area contributed by atoms with Gasteiger partial charge in [0.15, 0.2) is 17.6 Å². The van der Waals surface area contributed by atoms with Crippen LogP contribution in [0, 0.1) is 0 Å². The lowest BCUT2D eigenvalue weighted by atomic mass is 9.88. The van der Waals surface area contributed by atoms with Crippen LogP contribution in [0.2, 0.25) is 0 Å². The molecule has 6 aromatic carbocycles. The average molecular weight is 855 g/mol. The zero-order valence-electron chi connectivity index (χ0n) is 33.8. The van der Waals surface area contributed by atoms with Gasteiger partial charge in [-0.25, -0.2) is 0 Å². The normalized spacial score (nSPS) is 16.7. The van der Waals surface area contributed by atoms with Crippen molar-refractivity contribution >= 4 is 29.8 Å². The van der Waals surface area contributed by atoms with Gasteiger partial charge in [0.05, 0.1) is 12.2 Å². The molecule has 0 radical (unpaired) electrons. The van der Waals surface area contributed by atoms with E-state index < -0.39 is 29.2 Å². The molecule has 0 fully saturated rings. The highest BCUT2D eigenvalue weighted by Crippen LogP contribution is 2.45. The van der Waals surface area contributed by atoms with Crippen LogP contribution in [0.1, 0.15) is 69.6 Å². The maximum atomic E-state index is 12.1. The van der Waals surface area contributed by atoms with E-state index >= 15 is 0 Å². The molecule has 1 unspecified atom stereocenters. The molecule has 0 bridgehead atoms. The van der Waals surface area contributed by atoms with Crippen molar-refractivity contribution in [3.63, 3.8) is 0 Å². The minimum atomic E-state index is -1.34. The number of carbonyl (C=O) groups excluding carboxylic acids is 2. The minimum absolute atomic E-state index is 0.0235. The number of carbonyl (C=O) groups is 2. The Morgan fingerprint density at radius 1 is 0.603 bits per heavy atom. The Balaban J connectivity index is 0.000000144. The summed E-state index contributed by atoms with van der Waals surface area (Å²) in [6.07, 6.45) is 7.14. The molecule has 63 heavy (non-hydrogen) atoms. The van der Waals surface area contributed by atoms with Gasteiger partial charge in [-0.15, -0.1) is 0 Å². The van der Waals surface area contributed by atoms with Crippen molar-refractivity contribution in [2.45, 2.75) is 37.9 Å². The molecule has 14 nitrogen and oxygen atoms in total. The predicted octanol–water partition coefficient (Wildman–Crippen LogP) is 8.37. The summed E-state index contributed by atoms with van der Waals surface area (Å²) in [5.41, 5.74) is 4.04. The molecule has 322 valence electrons. The fourth-order valence-corrected chi connectivity index (χ4v) is 7.14. The minimum Gasteiger partial charge on any atom is -0.508 e. The van der Waals surface area contributed by atoms with Gasteiger partial charge in [-0.05, 0) is 97.6 Å². The van der Waals surface area contributed by atoms with Gasteiger partial charge in [0.1, 0.15) is 68.7 Å². The van der Waals surface area contributed by atoms with E-state index in [1.165, 1.54) is 18.2 Å². The number of rotatable bonds is 4. The summed E-state index contributed by atoms with van der Waals surface area (Å²) < 4.78 is 17.4. The fourth-order valence-electron chi connectivity index (χ4n) is 7.14. The first-order valence-electron chi connectivity index (χ1n) is 19.5. The van der Waals surface area contributed by atoms with Crippen LogP contribution < -0.4 is 14.2 Å². The number of aromatic hydroxyl groups is 9. The lowest BCUT2D eigenvalue weighted by molar-refractivity contribution is -0.122. The summed E-state index contributed by atoms with van der Waals surface area (Å²) in [6, 6.07) is 25.5. The monoisotopic (exact) mass is 854 g/mol. The van der Waals surface area contributed by atoms with Crippen molar-refractivity contribution in [2.24, 2.45) is 0 Å². The van der Waals surface area contributed by atoms with Crippen LogP contribution in [0.15, 0.2) is 109 Å². The molecular formula is C49H42O14. The predicted molar refractivity (Wildman–Crippen MR) is 231 cm³/mol. The van der Waals surface area contributed by atoms with Gasteiger partial charge in [0, 0.05) is 41.3 Å². The largest absolute Gasteiger partial charge is 0.508 e. The van der Waals surface area contributed by atoms with Crippen LogP contribution in [0.3, 0.4) is 0 Å². The lowest BCUT2D eigenvalue weighted by Gasteiger charge is -2.32. The van der Waals surface area contributed by atoms with Gasteiger partial charge >= 0.3 is 0 Å². The van der Waals surface area contributed by atoms with E-state index in [1.54, 1.807) is 54.6 Å². The summed E-state index contributed by atoms with van der Waals surface area (Å²) in [6.45, 7) is 4.53. The molecule has 6 aromatic rings. The van der Waals surface area contributed by atoms with E-state index in [9.17, 15) is 50.4 Å². The number of hydrogen-bond donors (Lipinski definition) is 9. The van der Waals surface area contributed by atoms with E-state index in [0.717, 1.165) is 64.4 Å². The van der Waals surface area contributed by atoms with Gasteiger partial charge in [-0.3, -0.25) is 9.59 Å². The SMILES string of the molecule is CC1(C)C=Cc2c(ccc3c2OC[C@@H](c2ccc(O)cc2O)C3)O1.O=C1C(=O)C(c2ccc(O)c(O)c2)Oc2cc(O)cc(O)c21.Oc1ccc(/C=C/c2cc(O)cc(O)c2)cc1. The molecule has 0 saturated carbocycles. The second-order valence-corrected chi connectivity index (χ2v) is 15.4. The van der Waals surface area contributed by atoms with E-state index in [4.69, 9.17) is 19.3 Å². The Morgan fingerprint density at radius 2 is 1.27 bits per heavy atom. The van der Waals surface area contributed by atoms with Gasteiger partial charge in [-0.1, -0.05) is 42.5 Å². The maximum absolute atomic E-state index is 12.1. The number of Topliss-reactive ketones (excluding diaryl/α,β-unsaturated/α-hetero) is 2. The number of ketones is 2. The second-order valence-electron chi connectivity index (χ2n) is 15.4. The first-order valence-corrected chi connectivity index (χ1v) is 19.5. The quantitative estimate of drug-likeness (QED) is 0.0460. The van der Waals surface area contributed by atoms with Crippen molar-refractivity contribution in [1.82, 2.24) is 0 Å². The van der Waals surface area contributed by atoms with Crippen LogP contribution in [0.5, 0.6) is 69.0 Å². The molecule has 14 heteroatoms. The van der Waals surface area contributed by atoms with Crippen molar-refractivity contribution in [2.75, 3.05) is 6.61 Å². The molecule has 3 heterocycles. The highest BCUT2D eigenvalue weighted by molar-refractivity contribution is 6.47. The molecule has 9 N–H and O–H groups in total. The van der Waals surface area contributed by atoms with E-state index in [0.29, 0.717) is 12.2 Å². The van der Waals surface area contributed by atoms with E-state index in [2.05, 4.69) is 6.08 Å². The molecule has 3 aliphatic heterocycles. The number of phenolic OH excluding ortho intramolecular Hbond substituents is 9. The molecule has 0 saturated heterocycles. The number of fused-ring (bicyclic) bond motifs is 4. The summed E-state index contributed by atoms with van der Waals surface area (Å²) in [4.78, 5) is 24.2. The molecule has 0 aromatic heterocycles. The third-order valence-electron chi connectivity index (χ3n) is 10.2. The standard InChI is InChI=1S/C20H20O4.C15H10O7.C14H12O3/c1-20(2)8-7-16-18(24-20)6-3-12-9-13(11-23-19(12)16)15-5-4-14(21)10-17(15)22;16-7-4-10(19)12-11(5-7)22-15(14(21)13(12)20)6-1-2-8(17)9(18)3-6;15-12-5-3-10(4-6-12)1-2-11-7-13(16)9-14(17)8-11/h3-8,10,13,21-22H,9,11H2,1-2H3;1-5,15-19H;1-9,15-17H/b;;2-1+/t13-;;/m0../s1. The highest BCUT2D eigenvalue weighted by Gasteiger charge is 2.39. The third-order valence-corrected chi connectivity index (χ3v) is 10.2. The summed E-state index contributed by atoms with van der Waals surface area (Å²) in [5, 5.41) is 85.2. The van der Waals surface area contributed by atoms with Gasteiger partial charge in [0.2, 0.25) is 11.6 Å². The third kappa shape index (κ3) is 9.71. The van der Waals surface area contributed by atoms with Gasteiger partial charge < -0.3 is 60.2 Å². The molecule has 2 atom stereocenters. The van der Waals surface area contributed by atoms with Gasteiger partial charge in [0.25, 0.3) is 0 Å². The zero-order chi connectivity index (χ0) is 45.2. The average Bonchev–Trinajstić information content (AvgIpc) is 3.22. The lowest BCUT2D eigenvalue weighted by Crippen LogP contribution is -2.31. The van der Waals surface area contributed by atoms with Crippen molar-refractivity contribution < 1.29 is 69.8 Å². The first kappa shape index (κ1) is 42.8. The van der Waals surface area contributed by atoms with Crippen LogP contribution in [-0.2, 0) is 11.2 Å². The zero-order valence-corrected chi connectivity index (χ0v) is 33.8. The van der Waals surface area contributed by atoms with Gasteiger partial charge in [-0.2, -0.15) is 0 Å². The van der Waals surface area contributed by atoms with Crippen molar-refractivity contribution in [3.05, 3.63) is 148 Å². The highest BCUT2D eigenvalue weighted by atomic mass is 16.5. The number of phenols is 9. The second kappa shape index (κ2) is 17.4. The van der Waals surface area contributed by atoms with Crippen LogP contribution in [0.25, 0.3) is 18.2 Å². The number of ether oxygens (including phenoxy) is 3. The van der Waals surface area contributed by atoms with E-state index in [1.807, 2.05) is 38.1 Å². The Bertz CT molecular complexity index is 2770. The van der Waals surface area contributed by atoms with Crippen LogP contribution in [-0.4, -0.2) is 69.7 Å². The summed E-state index contributed by atoms with van der Waals surface area (Å²) in [5.74, 6) is -1.56. The van der Waals surface area contributed by atoms with Crippen LogP contribution >= 0.6 is 0 Å². The molecule has 0 amide bonds. The molecule has 3 aliphatic rings.